The summed E-state index contributed by atoms with van der Waals surface area (Å²) >= 11 is 0. The maximum Gasteiger partial charge on any atom is 0.365 e. The largest absolute Gasteiger partial charge is 0.400 e. The standard InChI is InChI=1S/C17H14O6/c1-14(2)20-15-9-5-6-10-16(15,21-14)23-17(22-15)12-8-4-3-7-11(12)13(18)19-17/h3-10H,1-2H3. The van der Waals surface area contributed by atoms with E-state index in [-0.39, 0.29) is 0 Å². The number of ether oxygens (including phenoxy) is 5. The Morgan fingerprint density at radius 3 is 2.13 bits per heavy atom. The van der Waals surface area contributed by atoms with Crippen LogP contribution in [0.25, 0.3) is 0 Å². The van der Waals surface area contributed by atoms with Crippen LogP contribution < -0.4 is 0 Å². The van der Waals surface area contributed by atoms with Crippen LogP contribution in [-0.4, -0.2) is 23.3 Å². The van der Waals surface area contributed by atoms with Gasteiger partial charge >= 0.3 is 11.9 Å². The lowest BCUT2D eigenvalue weighted by atomic mass is 10.0. The van der Waals surface area contributed by atoms with Crippen molar-refractivity contribution in [1.82, 2.24) is 0 Å². The molecule has 1 aromatic carbocycles. The van der Waals surface area contributed by atoms with Gasteiger partial charge in [0.15, 0.2) is 5.79 Å². The number of esters is 1. The third-order valence-corrected chi connectivity index (χ3v) is 4.30. The van der Waals surface area contributed by atoms with Crippen LogP contribution in [0.3, 0.4) is 0 Å². The summed E-state index contributed by atoms with van der Waals surface area (Å²) in [6.07, 6.45) is 7.00. The van der Waals surface area contributed by atoms with Gasteiger partial charge in [0.1, 0.15) is 0 Å². The second-order valence-electron chi connectivity index (χ2n) is 6.35. The number of rotatable bonds is 0. The van der Waals surface area contributed by atoms with E-state index in [1.807, 2.05) is 0 Å². The first kappa shape index (κ1) is 13.4. The van der Waals surface area contributed by atoms with E-state index in [2.05, 4.69) is 0 Å². The van der Waals surface area contributed by atoms with E-state index in [0.717, 1.165) is 0 Å². The molecule has 6 heteroatoms. The number of hydrogen-bond acceptors (Lipinski definition) is 6. The fourth-order valence-corrected chi connectivity index (χ4v) is 3.54. The minimum absolute atomic E-state index is 0.407. The number of benzene rings is 1. The molecule has 2 atom stereocenters. The Labute approximate surface area is 132 Å². The van der Waals surface area contributed by atoms with Crippen molar-refractivity contribution in [3.8, 4) is 0 Å². The summed E-state index contributed by atoms with van der Waals surface area (Å²) in [4.78, 5) is 12.2. The van der Waals surface area contributed by atoms with E-state index in [0.29, 0.717) is 11.1 Å². The minimum atomic E-state index is -1.68. The molecule has 1 aliphatic carbocycles. The van der Waals surface area contributed by atoms with E-state index in [1.165, 1.54) is 0 Å². The molecular formula is C17H14O6. The zero-order chi connectivity index (χ0) is 15.9. The Hall–Kier alpha value is -1.99. The topological polar surface area (TPSA) is 63.2 Å². The van der Waals surface area contributed by atoms with Gasteiger partial charge in [-0.2, -0.15) is 0 Å². The molecule has 1 spiro atoms. The molecule has 0 N–H and O–H groups in total. The quantitative estimate of drug-likeness (QED) is 0.685. The Bertz CT molecular complexity index is 762. The molecule has 1 aromatic rings. The van der Waals surface area contributed by atoms with E-state index in [9.17, 15) is 4.79 Å². The van der Waals surface area contributed by atoms with Crippen molar-refractivity contribution in [3.63, 3.8) is 0 Å². The lowest BCUT2D eigenvalue weighted by Gasteiger charge is -2.28. The van der Waals surface area contributed by atoms with E-state index >= 15 is 0 Å². The zero-order valence-corrected chi connectivity index (χ0v) is 12.6. The van der Waals surface area contributed by atoms with Crippen molar-refractivity contribution >= 4 is 5.97 Å². The van der Waals surface area contributed by atoms with Crippen molar-refractivity contribution in [3.05, 3.63) is 59.7 Å². The SMILES string of the molecule is CC1(C)OC23C=CC=CC2(O1)OC1(OC(=O)c2ccccc21)O3. The summed E-state index contributed by atoms with van der Waals surface area (Å²) in [5, 5.41) is 0. The van der Waals surface area contributed by atoms with Crippen molar-refractivity contribution in [2.75, 3.05) is 0 Å². The summed E-state index contributed by atoms with van der Waals surface area (Å²) in [6.45, 7) is 3.55. The maximum atomic E-state index is 12.2. The molecule has 2 fully saturated rings. The monoisotopic (exact) mass is 314 g/mol. The molecule has 3 heterocycles. The van der Waals surface area contributed by atoms with Crippen LogP contribution in [0.2, 0.25) is 0 Å². The Morgan fingerprint density at radius 2 is 1.48 bits per heavy atom. The third-order valence-electron chi connectivity index (χ3n) is 4.30. The van der Waals surface area contributed by atoms with Gasteiger partial charge in [0.2, 0.25) is 0 Å². The van der Waals surface area contributed by atoms with Crippen LogP contribution in [0, 0.1) is 0 Å². The van der Waals surface area contributed by atoms with Gasteiger partial charge in [-0.1, -0.05) is 24.3 Å². The van der Waals surface area contributed by atoms with Gasteiger partial charge < -0.3 is 14.2 Å². The molecule has 6 nitrogen and oxygen atoms in total. The number of allylic oxidation sites excluding steroid dienone is 2. The molecule has 0 amide bonds. The van der Waals surface area contributed by atoms with Crippen LogP contribution in [0.4, 0.5) is 0 Å². The second-order valence-corrected chi connectivity index (χ2v) is 6.35. The summed E-state index contributed by atoms with van der Waals surface area (Å²) in [6, 6.07) is 6.96. The van der Waals surface area contributed by atoms with Crippen molar-refractivity contribution in [1.29, 1.82) is 0 Å². The van der Waals surface area contributed by atoms with E-state index in [4.69, 9.17) is 23.7 Å². The fraction of sp³-hybridized carbons (Fsp3) is 0.353. The summed E-state index contributed by atoms with van der Waals surface area (Å²) in [7, 11) is 0. The van der Waals surface area contributed by atoms with Gasteiger partial charge in [0.05, 0.1) is 11.1 Å². The van der Waals surface area contributed by atoms with Crippen LogP contribution in [0.1, 0.15) is 29.8 Å². The van der Waals surface area contributed by atoms with Crippen molar-refractivity contribution in [2.24, 2.45) is 0 Å². The summed E-state index contributed by atoms with van der Waals surface area (Å²) in [5.74, 6) is -5.73. The molecule has 2 unspecified atom stereocenters. The highest BCUT2D eigenvalue weighted by Crippen LogP contribution is 2.61. The van der Waals surface area contributed by atoms with Crippen LogP contribution >= 0.6 is 0 Å². The highest BCUT2D eigenvalue weighted by molar-refractivity contribution is 5.94. The molecular weight excluding hydrogens is 300 g/mol. The number of carbonyl (C=O) groups is 1. The predicted octanol–water partition coefficient (Wildman–Crippen LogP) is 2.32. The highest BCUT2D eigenvalue weighted by Gasteiger charge is 2.77. The normalized spacial score (nSPS) is 41.7. The van der Waals surface area contributed by atoms with Gasteiger partial charge in [0, 0.05) is 0 Å². The molecule has 4 aliphatic rings. The Kier molecular flexibility index (Phi) is 2.18. The van der Waals surface area contributed by atoms with E-state index in [1.54, 1.807) is 62.4 Å². The fourth-order valence-electron chi connectivity index (χ4n) is 3.54. The maximum absolute atomic E-state index is 12.2. The second kappa shape index (κ2) is 3.73. The molecule has 2 saturated heterocycles. The third kappa shape index (κ3) is 1.49. The first-order valence-corrected chi connectivity index (χ1v) is 7.40. The molecule has 118 valence electrons. The molecule has 23 heavy (non-hydrogen) atoms. The molecule has 0 aromatic heterocycles. The van der Waals surface area contributed by atoms with Crippen LogP contribution in [0.5, 0.6) is 0 Å². The summed E-state index contributed by atoms with van der Waals surface area (Å²) in [5.41, 5.74) is 0.913. The highest BCUT2D eigenvalue weighted by atomic mass is 17.0. The Morgan fingerprint density at radius 1 is 0.870 bits per heavy atom. The molecule has 0 bridgehead atoms. The van der Waals surface area contributed by atoms with Gasteiger partial charge in [-0.3, -0.25) is 9.47 Å². The Balaban J connectivity index is 1.69. The van der Waals surface area contributed by atoms with Crippen LogP contribution in [-0.2, 0) is 29.7 Å². The first-order chi connectivity index (χ1) is 10.9. The average molecular weight is 314 g/mol. The van der Waals surface area contributed by atoms with Gasteiger partial charge in [0.25, 0.3) is 11.6 Å². The molecule has 5 rings (SSSR count). The number of hydrogen-bond donors (Lipinski definition) is 0. The average Bonchev–Trinajstić information content (AvgIpc) is 2.99. The van der Waals surface area contributed by atoms with Crippen molar-refractivity contribution in [2.45, 2.75) is 37.2 Å². The van der Waals surface area contributed by atoms with Crippen LogP contribution in [0.15, 0.2) is 48.6 Å². The molecule has 0 saturated carbocycles. The lowest BCUT2D eigenvalue weighted by molar-refractivity contribution is -0.391. The van der Waals surface area contributed by atoms with Gasteiger partial charge in [-0.05, 0) is 38.1 Å². The number of fused-ring (bicyclic) bond motifs is 2. The van der Waals surface area contributed by atoms with Gasteiger partial charge in [-0.15, -0.1) is 0 Å². The van der Waals surface area contributed by atoms with E-state index < -0.39 is 29.3 Å². The lowest BCUT2D eigenvalue weighted by Crippen LogP contribution is -2.47. The van der Waals surface area contributed by atoms with Crippen molar-refractivity contribution < 1.29 is 28.5 Å². The summed E-state index contributed by atoms with van der Waals surface area (Å²) < 4.78 is 29.6. The molecule has 3 aliphatic heterocycles. The molecule has 0 radical (unpaired) electrons. The first-order valence-electron chi connectivity index (χ1n) is 7.40. The zero-order valence-electron chi connectivity index (χ0n) is 12.6. The minimum Gasteiger partial charge on any atom is -0.400 e. The predicted molar refractivity (Wildman–Crippen MR) is 75.7 cm³/mol. The number of carbonyl (C=O) groups excluding carboxylic acids is 1. The van der Waals surface area contributed by atoms with Gasteiger partial charge in [-0.25, -0.2) is 4.79 Å². The smallest absolute Gasteiger partial charge is 0.365 e.